The molecule has 4 aromatic rings. The van der Waals surface area contributed by atoms with Gasteiger partial charge in [0.1, 0.15) is 30.1 Å². The van der Waals surface area contributed by atoms with E-state index in [-0.39, 0.29) is 17.6 Å². The minimum Gasteiger partial charge on any atom is -0.398 e. The van der Waals surface area contributed by atoms with Crippen LogP contribution < -0.4 is 11.3 Å². The van der Waals surface area contributed by atoms with E-state index < -0.39 is 83.1 Å². The molecule has 21 heteroatoms. The van der Waals surface area contributed by atoms with E-state index in [2.05, 4.69) is 19.9 Å². The highest BCUT2D eigenvalue weighted by molar-refractivity contribution is 7.47. The van der Waals surface area contributed by atoms with Gasteiger partial charge < -0.3 is 44.6 Å². The zero-order valence-electron chi connectivity index (χ0n) is 22.5. The summed E-state index contributed by atoms with van der Waals surface area (Å²) in [5.41, 5.74) is 6.33. The third kappa shape index (κ3) is 5.09. The van der Waals surface area contributed by atoms with Gasteiger partial charge in [-0.3, -0.25) is 22.9 Å². The van der Waals surface area contributed by atoms with Gasteiger partial charge in [-0.1, -0.05) is 0 Å². The van der Waals surface area contributed by atoms with E-state index in [1.165, 1.54) is 27.9 Å². The number of H-pyrrole nitrogens is 1. The van der Waals surface area contributed by atoms with Crippen LogP contribution in [-0.2, 0) is 32.0 Å². The topological polar surface area (TPSA) is 269 Å². The first-order valence-corrected chi connectivity index (χ1v) is 16.4. The van der Waals surface area contributed by atoms with Crippen molar-refractivity contribution in [2.24, 2.45) is 5.92 Å². The highest BCUT2D eigenvalue weighted by atomic mass is 31.2. The SMILES string of the molecule is Nc1ccnc2c1ccn2[C@@H]1O[C@@H]2COP(=O)(O)O[C@H]3C(O)[C@@H](COP(=O)(O)OC2[C@@H]1O)C[C@H]3n1cnc2c(=O)[nH]cnc21. The van der Waals surface area contributed by atoms with E-state index in [0.29, 0.717) is 16.7 Å². The summed E-state index contributed by atoms with van der Waals surface area (Å²) in [6.45, 7) is -1.30. The molecule has 4 aromatic heterocycles. The summed E-state index contributed by atoms with van der Waals surface area (Å²) in [7, 11) is -9.92. The number of aromatic nitrogens is 6. The predicted octanol–water partition coefficient (Wildman–Crippen LogP) is -0.0501. The Bertz CT molecular complexity index is 1880. The molecule has 10 atom stereocenters. The van der Waals surface area contributed by atoms with Gasteiger partial charge in [0.05, 0.1) is 38.0 Å². The fraction of sp³-hybridized carbons (Fsp3) is 0.478. The number of nitrogens with two attached hydrogens (primary N) is 1. The molecule has 2 bridgehead atoms. The molecule has 0 aromatic carbocycles. The van der Waals surface area contributed by atoms with Crippen LogP contribution in [0.25, 0.3) is 22.2 Å². The smallest absolute Gasteiger partial charge is 0.398 e. The van der Waals surface area contributed by atoms with Crippen molar-refractivity contribution in [1.82, 2.24) is 29.1 Å². The maximum atomic E-state index is 13.2. The molecule has 2 saturated heterocycles. The zero-order valence-corrected chi connectivity index (χ0v) is 24.3. The van der Waals surface area contributed by atoms with Crippen molar-refractivity contribution in [3.05, 3.63) is 47.5 Å². The van der Waals surface area contributed by atoms with Crippen molar-refractivity contribution < 1.29 is 52.0 Å². The molecule has 1 aliphatic carbocycles. The third-order valence-electron chi connectivity index (χ3n) is 8.06. The number of fused-ring (bicyclic) bond motifs is 5. The molecule has 236 valence electrons. The van der Waals surface area contributed by atoms with Gasteiger partial charge in [-0.15, -0.1) is 0 Å². The fourth-order valence-electron chi connectivity index (χ4n) is 5.98. The van der Waals surface area contributed by atoms with E-state index >= 15 is 0 Å². The van der Waals surface area contributed by atoms with Gasteiger partial charge in [-0.05, 0) is 18.6 Å². The summed E-state index contributed by atoms with van der Waals surface area (Å²) < 4.78 is 56.4. The molecule has 0 spiro atoms. The lowest BCUT2D eigenvalue weighted by Crippen LogP contribution is -2.36. The number of phosphoric ester groups is 2. The van der Waals surface area contributed by atoms with E-state index in [1.54, 1.807) is 12.1 Å². The molecule has 6 heterocycles. The second-order valence-electron chi connectivity index (χ2n) is 10.7. The van der Waals surface area contributed by atoms with Crippen LogP contribution in [0, 0.1) is 5.92 Å². The molecule has 7 rings (SSSR count). The summed E-state index contributed by atoms with van der Waals surface area (Å²) in [5.74, 6) is -0.926. The van der Waals surface area contributed by atoms with Gasteiger partial charge in [-0.25, -0.2) is 24.1 Å². The van der Waals surface area contributed by atoms with Crippen molar-refractivity contribution in [3.8, 4) is 0 Å². The number of anilines is 1. The second kappa shape index (κ2) is 10.8. The maximum Gasteiger partial charge on any atom is 0.472 e. The number of nitrogens with zero attached hydrogens (tertiary/aromatic N) is 5. The molecule has 3 aliphatic rings. The van der Waals surface area contributed by atoms with Crippen LogP contribution in [0.4, 0.5) is 5.69 Å². The number of hydrogen-bond acceptors (Lipinski definition) is 14. The number of nitrogens with one attached hydrogen (secondary N) is 1. The van der Waals surface area contributed by atoms with E-state index in [9.17, 15) is 33.9 Å². The van der Waals surface area contributed by atoms with E-state index in [4.69, 9.17) is 28.6 Å². The normalized spacial score (nSPS) is 38.3. The molecule has 0 radical (unpaired) electrons. The lowest BCUT2D eigenvalue weighted by molar-refractivity contribution is -0.0550. The van der Waals surface area contributed by atoms with Crippen molar-refractivity contribution >= 4 is 43.5 Å². The largest absolute Gasteiger partial charge is 0.472 e. The number of nitrogen functional groups attached to an aromatic ring is 1. The Morgan fingerprint density at radius 2 is 1.70 bits per heavy atom. The number of aliphatic hydroxyl groups is 2. The van der Waals surface area contributed by atoms with Crippen molar-refractivity contribution in [1.29, 1.82) is 0 Å². The van der Waals surface area contributed by atoms with Crippen molar-refractivity contribution in [3.63, 3.8) is 0 Å². The quantitative estimate of drug-likeness (QED) is 0.155. The molecule has 7 N–H and O–H groups in total. The lowest BCUT2D eigenvalue weighted by atomic mass is 10.1. The molecular formula is C23H27N7O12P2. The monoisotopic (exact) mass is 655 g/mol. The second-order valence-corrected chi connectivity index (χ2v) is 13.5. The minimum atomic E-state index is -4.98. The summed E-state index contributed by atoms with van der Waals surface area (Å²) >= 11 is 0. The van der Waals surface area contributed by atoms with Crippen molar-refractivity contribution in [2.75, 3.05) is 18.9 Å². The number of pyridine rings is 1. The van der Waals surface area contributed by atoms with Crippen LogP contribution in [0.15, 0.2) is 42.0 Å². The Labute approximate surface area is 246 Å². The zero-order chi connectivity index (χ0) is 31.0. The Kier molecular flexibility index (Phi) is 7.26. The van der Waals surface area contributed by atoms with Gasteiger partial charge in [0.15, 0.2) is 17.4 Å². The summed E-state index contributed by atoms with van der Waals surface area (Å²) in [6.07, 6.45) is -3.34. The van der Waals surface area contributed by atoms with Crippen LogP contribution in [0.2, 0.25) is 0 Å². The minimum absolute atomic E-state index is 0.0114. The number of hydrogen-bond donors (Lipinski definition) is 6. The number of aromatic amines is 1. The standard InChI is InChI=1S/C23H27N7O12P2/c24-12-1-3-25-20-11(12)2-4-29(20)23-17(32)19-14(40-23)7-39-44(36,37)41-18-13(5-10(16(18)31)6-38-43(34,35)42-19)30-9-28-15-21(30)26-8-27-22(15)33/h1-4,8-10,13-14,16-19,23,31-32H,5-7H2,(H2,24,25)(H,34,35)(H,36,37)(H,26,27,33)/t10-,13-,14-,16?,17+,18-,19?,23-/m1/s1. The van der Waals surface area contributed by atoms with Crippen molar-refractivity contribution in [2.45, 2.75) is 49.2 Å². The highest BCUT2D eigenvalue weighted by Crippen LogP contribution is 2.55. The summed E-state index contributed by atoms with van der Waals surface area (Å²) in [4.78, 5) is 48.4. The molecular weight excluding hydrogens is 628 g/mol. The van der Waals surface area contributed by atoms with Crippen LogP contribution in [0.3, 0.4) is 0 Å². The Balaban J connectivity index is 1.20. The summed E-state index contributed by atoms with van der Waals surface area (Å²) in [6, 6.07) is 2.30. The highest BCUT2D eigenvalue weighted by Gasteiger charge is 2.53. The average molecular weight is 655 g/mol. The first-order valence-electron chi connectivity index (χ1n) is 13.4. The van der Waals surface area contributed by atoms with Crippen LogP contribution in [0.5, 0.6) is 0 Å². The lowest BCUT2D eigenvalue weighted by Gasteiger charge is -2.26. The Morgan fingerprint density at radius 1 is 0.955 bits per heavy atom. The molecule has 2 aliphatic heterocycles. The van der Waals surface area contributed by atoms with E-state index in [1.807, 2.05) is 0 Å². The average Bonchev–Trinajstić information content (AvgIpc) is 3.73. The van der Waals surface area contributed by atoms with Crippen LogP contribution >= 0.6 is 15.6 Å². The van der Waals surface area contributed by atoms with Gasteiger partial charge in [-0.2, -0.15) is 0 Å². The van der Waals surface area contributed by atoms with Crippen LogP contribution in [0.1, 0.15) is 18.7 Å². The third-order valence-corrected chi connectivity index (χ3v) is 10.0. The van der Waals surface area contributed by atoms with Gasteiger partial charge in [0.2, 0.25) is 0 Å². The number of aliphatic hydroxyl groups excluding tert-OH is 2. The Hall–Kier alpha value is -3.06. The van der Waals surface area contributed by atoms with Gasteiger partial charge in [0, 0.05) is 29.4 Å². The first-order chi connectivity index (χ1) is 20.9. The number of rotatable bonds is 2. The number of ether oxygens (including phenoxy) is 1. The van der Waals surface area contributed by atoms with Crippen LogP contribution in [-0.4, -0.2) is 92.8 Å². The maximum absolute atomic E-state index is 13.2. The molecule has 1 saturated carbocycles. The molecule has 3 fully saturated rings. The first kappa shape index (κ1) is 29.6. The van der Waals surface area contributed by atoms with Gasteiger partial charge >= 0.3 is 15.6 Å². The predicted molar refractivity (Wildman–Crippen MR) is 147 cm³/mol. The van der Waals surface area contributed by atoms with Gasteiger partial charge in [0.25, 0.3) is 5.56 Å². The summed E-state index contributed by atoms with van der Waals surface area (Å²) in [5, 5.41) is 22.8. The molecule has 19 nitrogen and oxygen atoms in total. The fourth-order valence-corrected chi connectivity index (χ4v) is 7.96. The Morgan fingerprint density at radius 3 is 2.50 bits per heavy atom. The van der Waals surface area contributed by atoms with E-state index in [0.717, 1.165) is 6.33 Å². The molecule has 0 amide bonds. The molecule has 44 heavy (non-hydrogen) atoms. The number of imidazole rings is 1. The molecule has 4 unspecified atom stereocenters. The number of phosphoric acid groups is 2.